The van der Waals surface area contributed by atoms with Gasteiger partial charge in [0.2, 0.25) is 0 Å². The summed E-state index contributed by atoms with van der Waals surface area (Å²) in [6, 6.07) is 4.80. The van der Waals surface area contributed by atoms with E-state index in [4.69, 9.17) is 23.2 Å². The Kier molecular flexibility index (Phi) is 2.88. The maximum absolute atomic E-state index is 14.0. The molecule has 0 amide bonds. The Balaban J connectivity index is 2.35. The number of rotatable bonds is 1. The summed E-state index contributed by atoms with van der Waals surface area (Å²) >= 11 is 12.3. The van der Waals surface area contributed by atoms with Crippen LogP contribution in [-0.2, 0) is 0 Å². The van der Waals surface area contributed by atoms with E-state index < -0.39 is 5.82 Å². The van der Waals surface area contributed by atoms with Gasteiger partial charge < -0.3 is 0 Å². The number of aryl methyl sites for hydroxylation is 1. The number of aromatic nitrogens is 4. The Hall–Kier alpha value is -1.72. The van der Waals surface area contributed by atoms with Crippen LogP contribution in [0.25, 0.3) is 16.9 Å². The highest BCUT2D eigenvalue weighted by atomic mass is 35.5. The molecule has 0 fully saturated rings. The van der Waals surface area contributed by atoms with Crippen LogP contribution in [0, 0.1) is 12.7 Å². The minimum atomic E-state index is -0.412. The van der Waals surface area contributed by atoms with Gasteiger partial charge in [0.25, 0.3) is 5.78 Å². The van der Waals surface area contributed by atoms with E-state index in [1.165, 1.54) is 16.9 Å². The van der Waals surface area contributed by atoms with Crippen LogP contribution < -0.4 is 0 Å². The first-order chi connectivity index (χ1) is 9.08. The van der Waals surface area contributed by atoms with Gasteiger partial charge in [-0.1, -0.05) is 35.3 Å². The third-order valence-corrected chi connectivity index (χ3v) is 3.34. The van der Waals surface area contributed by atoms with Crippen molar-refractivity contribution in [2.75, 3.05) is 0 Å². The molecule has 3 rings (SSSR count). The van der Waals surface area contributed by atoms with E-state index in [0.29, 0.717) is 5.56 Å². The molecule has 0 saturated carbocycles. The van der Waals surface area contributed by atoms with Crippen molar-refractivity contribution in [1.82, 2.24) is 19.6 Å². The lowest BCUT2D eigenvalue weighted by atomic mass is 10.1. The topological polar surface area (TPSA) is 43.1 Å². The molecule has 0 radical (unpaired) electrons. The van der Waals surface area contributed by atoms with Crippen molar-refractivity contribution in [2.45, 2.75) is 6.92 Å². The molecule has 7 heteroatoms. The summed E-state index contributed by atoms with van der Waals surface area (Å²) in [6.45, 7) is 1.80. The Morgan fingerprint density at radius 1 is 1.26 bits per heavy atom. The summed E-state index contributed by atoms with van der Waals surface area (Å²) in [5.41, 5.74) is 1.40. The highest BCUT2D eigenvalue weighted by Crippen LogP contribution is 2.35. The minimum Gasteiger partial charge on any atom is -0.206 e. The highest BCUT2D eigenvalue weighted by Gasteiger charge is 2.18. The maximum Gasteiger partial charge on any atom is 0.255 e. The lowest BCUT2D eigenvalue weighted by molar-refractivity contribution is 0.630. The summed E-state index contributed by atoms with van der Waals surface area (Å²) in [5.74, 6) is -0.142. The average Bonchev–Trinajstić information content (AvgIpc) is 2.80. The van der Waals surface area contributed by atoms with Crippen molar-refractivity contribution in [1.29, 1.82) is 0 Å². The van der Waals surface area contributed by atoms with Crippen molar-refractivity contribution in [2.24, 2.45) is 0 Å². The van der Waals surface area contributed by atoms with Crippen molar-refractivity contribution < 1.29 is 4.39 Å². The van der Waals surface area contributed by atoms with E-state index in [0.717, 1.165) is 5.56 Å². The molecule has 4 nitrogen and oxygen atoms in total. The molecule has 3 aromatic rings. The van der Waals surface area contributed by atoms with Crippen LogP contribution in [0.5, 0.6) is 0 Å². The lowest BCUT2D eigenvalue weighted by Crippen LogP contribution is -1.99. The van der Waals surface area contributed by atoms with E-state index >= 15 is 0 Å². The van der Waals surface area contributed by atoms with Gasteiger partial charge in [0.15, 0.2) is 0 Å². The predicted octanol–water partition coefficient (Wildman–Crippen LogP) is 3.55. The fraction of sp³-hybridized carbons (Fsp3) is 0.0833. The number of halogens is 3. The first-order valence-corrected chi connectivity index (χ1v) is 6.15. The van der Waals surface area contributed by atoms with Gasteiger partial charge in [-0.15, -0.1) is 0 Å². The monoisotopic (exact) mass is 296 g/mol. The lowest BCUT2D eigenvalue weighted by Gasteiger charge is -2.09. The van der Waals surface area contributed by atoms with Gasteiger partial charge in [-0.25, -0.2) is 4.39 Å². The molecule has 0 saturated heterocycles. The number of hydrogen-bond donors (Lipinski definition) is 0. The maximum atomic E-state index is 14.0. The molecule has 0 N–H and O–H groups in total. The van der Waals surface area contributed by atoms with Crippen LogP contribution in [0.2, 0.25) is 10.3 Å². The quantitative estimate of drug-likeness (QED) is 0.645. The molecule has 2 aromatic heterocycles. The molecular formula is C12H7Cl2FN4. The molecule has 0 spiro atoms. The fourth-order valence-corrected chi connectivity index (χ4v) is 2.46. The van der Waals surface area contributed by atoms with E-state index in [2.05, 4.69) is 15.1 Å². The van der Waals surface area contributed by atoms with Crippen molar-refractivity contribution in [3.8, 4) is 11.1 Å². The van der Waals surface area contributed by atoms with Crippen molar-refractivity contribution in [3.05, 3.63) is 46.2 Å². The number of hydrogen-bond acceptors (Lipinski definition) is 3. The van der Waals surface area contributed by atoms with Gasteiger partial charge in [0.05, 0.1) is 5.56 Å². The number of benzene rings is 1. The first kappa shape index (κ1) is 12.3. The zero-order valence-electron chi connectivity index (χ0n) is 9.73. The van der Waals surface area contributed by atoms with Crippen LogP contribution in [0.1, 0.15) is 5.56 Å². The van der Waals surface area contributed by atoms with Gasteiger partial charge in [0.1, 0.15) is 22.5 Å². The second kappa shape index (κ2) is 4.43. The van der Waals surface area contributed by atoms with Crippen LogP contribution in [0.3, 0.4) is 0 Å². The summed E-state index contributed by atoms with van der Waals surface area (Å²) in [5, 5.41) is 4.19. The third kappa shape index (κ3) is 1.95. The Morgan fingerprint density at radius 2 is 2.05 bits per heavy atom. The number of nitrogens with zero attached hydrogens (tertiary/aromatic N) is 4. The molecule has 0 bridgehead atoms. The average molecular weight is 297 g/mol. The Morgan fingerprint density at radius 3 is 2.79 bits per heavy atom. The molecule has 0 aliphatic carbocycles. The standard InChI is InChI=1S/C12H7Cl2FN4/c1-6-2-3-7(8(15)4-6)9-10(13)18-12-16-5-17-19(12)11(9)14/h2-5H,1H3. The predicted molar refractivity (Wildman–Crippen MR) is 70.9 cm³/mol. The Labute approximate surface area is 117 Å². The van der Waals surface area contributed by atoms with E-state index in [1.54, 1.807) is 19.1 Å². The third-order valence-electron chi connectivity index (χ3n) is 2.72. The summed E-state index contributed by atoms with van der Waals surface area (Å²) in [6.07, 6.45) is 1.31. The van der Waals surface area contributed by atoms with Crippen LogP contribution >= 0.6 is 23.2 Å². The van der Waals surface area contributed by atoms with Crippen molar-refractivity contribution in [3.63, 3.8) is 0 Å². The highest BCUT2D eigenvalue weighted by molar-refractivity contribution is 6.38. The van der Waals surface area contributed by atoms with Gasteiger partial charge in [-0.2, -0.15) is 19.6 Å². The molecule has 0 unspecified atom stereocenters. The normalized spacial score (nSPS) is 11.2. The molecule has 0 aliphatic rings. The molecular weight excluding hydrogens is 290 g/mol. The summed E-state index contributed by atoms with van der Waals surface area (Å²) in [7, 11) is 0. The second-order valence-electron chi connectivity index (χ2n) is 4.02. The van der Waals surface area contributed by atoms with Crippen LogP contribution in [0.4, 0.5) is 4.39 Å². The Bertz CT molecular complexity index is 785. The van der Waals surface area contributed by atoms with E-state index in [9.17, 15) is 4.39 Å². The SMILES string of the molecule is Cc1ccc(-c2c(Cl)nc3ncnn3c2Cl)c(F)c1. The largest absolute Gasteiger partial charge is 0.255 e. The van der Waals surface area contributed by atoms with E-state index in [1.807, 2.05) is 0 Å². The summed E-state index contributed by atoms with van der Waals surface area (Å²) < 4.78 is 15.3. The van der Waals surface area contributed by atoms with Gasteiger partial charge in [0, 0.05) is 5.56 Å². The summed E-state index contributed by atoms with van der Waals surface area (Å²) in [4.78, 5) is 7.93. The molecule has 0 atom stereocenters. The second-order valence-corrected chi connectivity index (χ2v) is 4.74. The van der Waals surface area contributed by atoms with Crippen LogP contribution in [-0.4, -0.2) is 19.6 Å². The van der Waals surface area contributed by atoms with Gasteiger partial charge in [-0.05, 0) is 18.6 Å². The molecule has 0 aliphatic heterocycles. The van der Waals surface area contributed by atoms with Gasteiger partial charge in [-0.3, -0.25) is 0 Å². The number of fused-ring (bicyclic) bond motifs is 1. The first-order valence-electron chi connectivity index (χ1n) is 5.39. The van der Waals surface area contributed by atoms with Crippen molar-refractivity contribution >= 4 is 29.0 Å². The zero-order chi connectivity index (χ0) is 13.6. The molecule has 2 heterocycles. The smallest absolute Gasteiger partial charge is 0.206 e. The van der Waals surface area contributed by atoms with Gasteiger partial charge >= 0.3 is 0 Å². The molecule has 1 aromatic carbocycles. The fourth-order valence-electron chi connectivity index (χ4n) is 1.83. The molecule has 19 heavy (non-hydrogen) atoms. The zero-order valence-corrected chi connectivity index (χ0v) is 11.2. The van der Waals surface area contributed by atoms with Crippen LogP contribution in [0.15, 0.2) is 24.5 Å². The van der Waals surface area contributed by atoms with E-state index in [-0.39, 0.29) is 21.6 Å². The minimum absolute atomic E-state index is 0.0910. The molecule has 96 valence electrons.